The van der Waals surface area contributed by atoms with Crippen LogP contribution in [0.3, 0.4) is 0 Å². The van der Waals surface area contributed by atoms with Gasteiger partial charge in [0.15, 0.2) is 0 Å². The van der Waals surface area contributed by atoms with Gasteiger partial charge in [-0.2, -0.15) is 0 Å². The Morgan fingerprint density at radius 3 is 3.06 bits per heavy atom. The van der Waals surface area contributed by atoms with Gasteiger partial charge in [0, 0.05) is 23.8 Å². The molecule has 0 radical (unpaired) electrons. The van der Waals surface area contributed by atoms with Crippen LogP contribution in [0, 0.1) is 0 Å². The van der Waals surface area contributed by atoms with Gasteiger partial charge in [-0.1, -0.05) is 17.7 Å². The van der Waals surface area contributed by atoms with Crippen molar-refractivity contribution in [1.29, 1.82) is 0 Å². The molecule has 0 spiro atoms. The second-order valence-electron chi connectivity index (χ2n) is 4.24. The van der Waals surface area contributed by atoms with Crippen LogP contribution in [-0.2, 0) is 11.3 Å². The fraction of sp³-hybridized carbons (Fsp3) is 0.538. The highest BCUT2D eigenvalue weighted by Gasteiger charge is 2.16. The molecule has 1 aromatic rings. The molecule has 0 aromatic heterocycles. The summed E-state index contributed by atoms with van der Waals surface area (Å²) in [5.74, 6) is 1.01. The third kappa shape index (κ3) is 3.88. The molecule has 0 bridgehead atoms. The van der Waals surface area contributed by atoms with Crippen LogP contribution in [0.1, 0.15) is 18.4 Å². The van der Waals surface area contributed by atoms with Crippen molar-refractivity contribution in [2.45, 2.75) is 30.4 Å². The van der Waals surface area contributed by atoms with Crippen molar-refractivity contribution in [3.8, 4) is 0 Å². The Balaban J connectivity index is 1.91. The number of halogens is 1. The lowest BCUT2D eigenvalue weighted by Gasteiger charge is -2.10. The molecule has 0 saturated carbocycles. The highest BCUT2D eigenvalue weighted by Crippen LogP contribution is 2.30. The van der Waals surface area contributed by atoms with Gasteiger partial charge in [-0.25, -0.2) is 0 Å². The van der Waals surface area contributed by atoms with Gasteiger partial charge in [0.05, 0.1) is 11.1 Å². The standard InChI is InChI=1S/C13H18ClNOS/c1-15-8-10-4-5-13(12(14)7-10)17-9-11-3-2-6-16-11/h4-5,7,11,15H,2-3,6,8-9H2,1H3. The average Bonchev–Trinajstić information content (AvgIpc) is 2.81. The molecule has 1 N–H and O–H groups in total. The highest BCUT2D eigenvalue weighted by molar-refractivity contribution is 7.99. The first-order valence-corrected chi connectivity index (χ1v) is 7.33. The molecule has 1 aliphatic heterocycles. The molecule has 1 saturated heterocycles. The highest BCUT2D eigenvalue weighted by atomic mass is 35.5. The van der Waals surface area contributed by atoms with Gasteiger partial charge in [0.2, 0.25) is 0 Å². The van der Waals surface area contributed by atoms with Crippen molar-refractivity contribution in [2.75, 3.05) is 19.4 Å². The van der Waals surface area contributed by atoms with Gasteiger partial charge < -0.3 is 10.1 Å². The monoisotopic (exact) mass is 271 g/mol. The van der Waals surface area contributed by atoms with Crippen LogP contribution in [0.5, 0.6) is 0 Å². The Labute approximate surface area is 112 Å². The van der Waals surface area contributed by atoms with E-state index in [1.165, 1.54) is 18.4 Å². The molecule has 1 fully saturated rings. The minimum Gasteiger partial charge on any atom is -0.377 e. The van der Waals surface area contributed by atoms with E-state index in [4.69, 9.17) is 16.3 Å². The molecule has 1 aromatic carbocycles. The minimum absolute atomic E-state index is 0.410. The zero-order valence-corrected chi connectivity index (χ0v) is 11.6. The predicted molar refractivity (Wildman–Crippen MR) is 73.9 cm³/mol. The number of rotatable bonds is 5. The van der Waals surface area contributed by atoms with Crippen LogP contribution in [-0.4, -0.2) is 25.5 Å². The number of hydrogen-bond acceptors (Lipinski definition) is 3. The molecule has 1 unspecified atom stereocenters. The third-order valence-corrected chi connectivity index (χ3v) is 4.46. The summed E-state index contributed by atoms with van der Waals surface area (Å²) in [6.45, 7) is 1.77. The van der Waals surface area contributed by atoms with Crippen LogP contribution < -0.4 is 5.32 Å². The van der Waals surface area contributed by atoms with Gasteiger partial charge in [-0.3, -0.25) is 0 Å². The van der Waals surface area contributed by atoms with Crippen molar-refractivity contribution in [2.24, 2.45) is 0 Å². The van der Waals surface area contributed by atoms with E-state index in [2.05, 4.69) is 17.4 Å². The lowest BCUT2D eigenvalue weighted by atomic mass is 10.2. The van der Waals surface area contributed by atoms with E-state index in [0.29, 0.717) is 6.10 Å². The van der Waals surface area contributed by atoms with E-state index < -0.39 is 0 Å². The van der Waals surface area contributed by atoms with Crippen LogP contribution in [0.15, 0.2) is 23.1 Å². The van der Waals surface area contributed by atoms with E-state index in [1.807, 2.05) is 13.1 Å². The molecule has 0 aliphatic carbocycles. The molecule has 1 atom stereocenters. The largest absolute Gasteiger partial charge is 0.377 e. The molecular formula is C13H18ClNOS. The molecule has 0 amide bonds. The molecule has 94 valence electrons. The Morgan fingerprint density at radius 2 is 2.41 bits per heavy atom. The summed E-state index contributed by atoms with van der Waals surface area (Å²) < 4.78 is 5.60. The summed E-state index contributed by atoms with van der Waals surface area (Å²) in [6, 6.07) is 6.27. The fourth-order valence-electron chi connectivity index (χ4n) is 1.93. The zero-order chi connectivity index (χ0) is 12.1. The van der Waals surface area contributed by atoms with E-state index in [0.717, 1.165) is 28.8 Å². The summed E-state index contributed by atoms with van der Waals surface area (Å²) in [7, 11) is 1.94. The van der Waals surface area contributed by atoms with Crippen molar-refractivity contribution in [1.82, 2.24) is 5.32 Å². The Kier molecular flexibility index (Phi) is 5.16. The first-order valence-electron chi connectivity index (χ1n) is 5.97. The lowest BCUT2D eigenvalue weighted by molar-refractivity contribution is 0.129. The maximum Gasteiger partial charge on any atom is 0.0669 e. The Bertz CT molecular complexity index is 366. The second-order valence-corrected chi connectivity index (χ2v) is 5.71. The smallest absolute Gasteiger partial charge is 0.0669 e. The summed E-state index contributed by atoms with van der Waals surface area (Å²) >= 11 is 8.05. The third-order valence-electron chi connectivity index (χ3n) is 2.83. The topological polar surface area (TPSA) is 21.3 Å². The van der Waals surface area contributed by atoms with Gasteiger partial charge in [0.25, 0.3) is 0 Å². The summed E-state index contributed by atoms with van der Waals surface area (Å²) in [4.78, 5) is 1.15. The maximum atomic E-state index is 6.26. The molecule has 17 heavy (non-hydrogen) atoms. The molecule has 2 rings (SSSR count). The van der Waals surface area contributed by atoms with E-state index >= 15 is 0 Å². The van der Waals surface area contributed by atoms with E-state index in [9.17, 15) is 0 Å². The second kappa shape index (κ2) is 6.64. The molecule has 1 heterocycles. The lowest BCUT2D eigenvalue weighted by Crippen LogP contribution is -2.08. The van der Waals surface area contributed by atoms with Crippen LogP contribution in [0.2, 0.25) is 5.02 Å². The first-order chi connectivity index (χ1) is 8.29. The molecule has 4 heteroatoms. The molecular weight excluding hydrogens is 254 g/mol. The summed E-state index contributed by atoms with van der Waals surface area (Å²) in [5.41, 5.74) is 1.22. The van der Waals surface area contributed by atoms with Gasteiger partial charge in [-0.05, 0) is 37.6 Å². The summed E-state index contributed by atoms with van der Waals surface area (Å²) in [5, 5.41) is 3.97. The number of thioether (sulfide) groups is 1. The average molecular weight is 272 g/mol. The van der Waals surface area contributed by atoms with Crippen LogP contribution >= 0.6 is 23.4 Å². The summed E-state index contributed by atoms with van der Waals surface area (Å²) in [6.07, 6.45) is 2.79. The predicted octanol–water partition coefficient (Wildman–Crippen LogP) is 3.33. The number of benzene rings is 1. The number of hydrogen-bond donors (Lipinski definition) is 1. The van der Waals surface area contributed by atoms with Crippen molar-refractivity contribution < 1.29 is 4.74 Å². The van der Waals surface area contributed by atoms with Gasteiger partial charge in [-0.15, -0.1) is 11.8 Å². The molecule has 2 nitrogen and oxygen atoms in total. The molecule has 1 aliphatic rings. The minimum atomic E-state index is 0.410. The first kappa shape index (κ1) is 13.2. The Hall–Kier alpha value is -0.220. The van der Waals surface area contributed by atoms with Crippen LogP contribution in [0.25, 0.3) is 0 Å². The maximum absolute atomic E-state index is 6.26. The Morgan fingerprint density at radius 1 is 1.53 bits per heavy atom. The van der Waals surface area contributed by atoms with E-state index in [1.54, 1.807) is 11.8 Å². The fourth-order valence-corrected chi connectivity index (χ4v) is 3.29. The van der Waals surface area contributed by atoms with Gasteiger partial charge >= 0.3 is 0 Å². The SMILES string of the molecule is CNCc1ccc(SCC2CCCO2)c(Cl)c1. The van der Waals surface area contributed by atoms with Crippen molar-refractivity contribution in [3.05, 3.63) is 28.8 Å². The van der Waals surface area contributed by atoms with Crippen molar-refractivity contribution >= 4 is 23.4 Å². The van der Waals surface area contributed by atoms with Crippen LogP contribution in [0.4, 0.5) is 0 Å². The van der Waals surface area contributed by atoms with E-state index in [-0.39, 0.29) is 0 Å². The normalized spacial score (nSPS) is 19.8. The quantitative estimate of drug-likeness (QED) is 0.830. The van der Waals surface area contributed by atoms with Crippen molar-refractivity contribution in [3.63, 3.8) is 0 Å². The number of nitrogens with one attached hydrogen (secondary N) is 1. The van der Waals surface area contributed by atoms with Gasteiger partial charge in [0.1, 0.15) is 0 Å². The number of ether oxygens (including phenoxy) is 1. The zero-order valence-electron chi connectivity index (χ0n) is 10.0.